The first kappa shape index (κ1) is 14.8. The van der Waals surface area contributed by atoms with Gasteiger partial charge in [-0.1, -0.05) is 19.1 Å². The van der Waals surface area contributed by atoms with Gasteiger partial charge in [-0.2, -0.15) is 0 Å². The van der Waals surface area contributed by atoms with E-state index >= 15 is 0 Å². The maximum absolute atomic E-state index is 11.5. The molecule has 100 valence electrons. The third-order valence-corrected chi connectivity index (χ3v) is 4.70. The van der Waals surface area contributed by atoms with Gasteiger partial charge < -0.3 is 10.6 Å². The molecule has 5 nitrogen and oxygen atoms in total. The lowest BCUT2D eigenvalue weighted by Gasteiger charge is -2.30. The minimum atomic E-state index is -3.33. The highest BCUT2D eigenvalue weighted by molar-refractivity contribution is 7.92. The molecule has 0 aromatic carbocycles. The molecule has 0 aliphatic carbocycles. The highest BCUT2D eigenvalue weighted by Gasteiger charge is 2.20. The molecule has 17 heavy (non-hydrogen) atoms. The summed E-state index contributed by atoms with van der Waals surface area (Å²) in [6, 6.07) is 0. The number of nitrogens with zero attached hydrogens (tertiary/aromatic N) is 1. The lowest BCUT2D eigenvalue weighted by Crippen LogP contribution is -2.40. The Morgan fingerprint density at radius 2 is 2.06 bits per heavy atom. The molecule has 0 radical (unpaired) electrons. The molecule has 0 atom stereocenters. The van der Waals surface area contributed by atoms with Crippen LogP contribution < -0.4 is 10.5 Å². The van der Waals surface area contributed by atoms with Crippen molar-refractivity contribution in [2.45, 2.75) is 19.8 Å². The third kappa shape index (κ3) is 5.76. The van der Waals surface area contributed by atoms with Crippen molar-refractivity contribution in [3.8, 4) is 0 Å². The van der Waals surface area contributed by atoms with Crippen LogP contribution >= 0.6 is 12.2 Å². The van der Waals surface area contributed by atoms with Gasteiger partial charge in [0.05, 0.1) is 4.99 Å². The summed E-state index contributed by atoms with van der Waals surface area (Å²) in [5.41, 5.74) is 5.23. The second kappa shape index (κ2) is 6.63. The maximum atomic E-state index is 11.5. The monoisotopic (exact) mass is 279 g/mol. The molecule has 1 rings (SSSR count). The van der Waals surface area contributed by atoms with Gasteiger partial charge in [-0.3, -0.25) is 0 Å². The molecule has 0 bridgehead atoms. The molecule has 7 heteroatoms. The molecule has 0 spiro atoms. The van der Waals surface area contributed by atoms with E-state index in [1.807, 2.05) is 0 Å². The number of thiocarbonyl (C=S) groups is 1. The van der Waals surface area contributed by atoms with E-state index in [9.17, 15) is 8.42 Å². The summed E-state index contributed by atoms with van der Waals surface area (Å²) in [5, 5.41) is 0. The second-order valence-corrected chi connectivity index (χ2v) is 6.78. The van der Waals surface area contributed by atoms with E-state index < -0.39 is 10.0 Å². The predicted molar refractivity (Wildman–Crippen MR) is 73.4 cm³/mol. The molecule has 1 heterocycles. The van der Waals surface area contributed by atoms with Gasteiger partial charge in [0.25, 0.3) is 0 Å². The van der Waals surface area contributed by atoms with Crippen LogP contribution in [-0.2, 0) is 10.0 Å². The topological polar surface area (TPSA) is 75.4 Å². The Labute approximate surface area is 109 Å². The van der Waals surface area contributed by atoms with Gasteiger partial charge in [-0.05, 0) is 38.4 Å². The van der Waals surface area contributed by atoms with Gasteiger partial charge in [0.2, 0.25) is 10.0 Å². The quantitative estimate of drug-likeness (QED) is 0.665. The number of rotatable bonds is 6. The van der Waals surface area contributed by atoms with Crippen LogP contribution in [0, 0.1) is 5.92 Å². The average molecular weight is 279 g/mol. The molecule has 0 aromatic heterocycles. The number of nitrogens with two attached hydrogens (primary N) is 1. The zero-order valence-electron chi connectivity index (χ0n) is 10.2. The molecular weight excluding hydrogens is 258 g/mol. The van der Waals surface area contributed by atoms with E-state index in [1.165, 1.54) is 0 Å². The average Bonchev–Trinajstić information content (AvgIpc) is 2.25. The van der Waals surface area contributed by atoms with Crippen molar-refractivity contribution in [1.29, 1.82) is 0 Å². The van der Waals surface area contributed by atoms with Crippen molar-refractivity contribution in [3.63, 3.8) is 0 Å². The van der Waals surface area contributed by atoms with Gasteiger partial charge in [-0.15, -0.1) is 0 Å². The molecule has 0 aromatic rings. The van der Waals surface area contributed by atoms with Crippen LogP contribution in [-0.4, -0.2) is 50.2 Å². The molecule has 0 saturated carbocycles. The van der Waals surface area contributed by atoms with Gasteiger partial charge in [-0.25, -0.2) is 13.1 Å². The normalized spacial score (nSPS) is 19.4. The largest absolute Gasteiger partial charge is 0.392 e. The lowest BCUT2D eigenvalue weighted by atomic mass is 9.97. The van der Waals surface area contributed by atoms with Crippen LogP contribution in [0.15, 0.2) is 0 Å². The lowest BCUT2D eigenvalue weighted by molar-refractivity contribution is 0.194. The fourth-order valence-electron chi connectivity index (χ4n) is 1.99. The number of hydrogen-bond acceptors (Lipinski definition) is 4. The predicted octanol–water partition coefficient (Wildman–Crippen LogP) is -0.0762. The maximum Gasteiger partial charge on any atom is 0.218 e. The molecule has 1 aliphatic rings. The molecule has 0 amide bonds. The molecule has 1 fully saturated rings. The Bertz CT molecular complexity index is 349. The van der Waals surface area contributed by atoms with Gasteiger partial charge >= 0.3 is 0 Å². The van der Waals surface area contributed by atoms with Crippen molar-refractivity contribution < 1.29 is 8.42 Å². The minimum Gasteiger partial charge on any atom is -0.392 e. The smallest absolute Gasteiger partial charge is 0.218 e. The molecular formula is C10H21N3O2S2. The molecule has 3 N–H and O–H groups in total. The first-order chi connectivity index (χ1) is 7.93. The summed E-state index contributed by atoms with van der Waals surface area (Å²) < 4.78 is 25.6. The fourth-order valence-corrected chi connectivity index (χ4v) is 3.42. The second-order valence-electron chi connectivity index (χ2n) is 4.45. The zero-order valence-corrected chi connectivity index (χ0v) is 11.8. The van der Waals surface area contributed by atoms with E-state index in [0.717, 1.165) is 32.5 Å². The summed E-state index contributed by atoms with van der Waals surface area (Å²) in [6.07, 6.45) is 2.09. The van der Waals surface area contributed by atoms with Crippen molar-refractivity contribution in [2.75, 3.05) is 31.9 Å². The Kier molecular flexibility index (Phi) is 5.78. The van der Waals surface area contributed by atoms with Crippen LogP contribution in [0.1, 0.15) is 19.8 Å². The summed E-state index contributed by atoms with van der Waals surface area (Å²) in [5.74, 6) is 0.176. The summed E-state index contributed by atoms with van der Waals surface area (Å²) in [6.45, 7) is 5.82. The fraction of sp³-hybridized carbons (Fsp3) is 0.900. The van der Waals surface area contributed by atoms with Crippen LogP contribution in [0.25, 0.3) is 0 Å². The highest BCUT2D eigenvalue weighted by Crippen LogP contribution is 2.16. The SMILES string of the molecule is CCN1CCC(CNS(=O)(=O)CC(N)=S)CC1. The molecule has 1 saturated heterocycles. The van der Waals surface area contributed by atoms with Crippen molar-refractivity contribution in [2.24, 2.45) is 11.7 Å². The van der Waals surface area contributed by atoms with E-state index in [2.05, 4.69) is 28.8 Å². The Balaban J connectivity index is 2.30. The highest BCUT2D eigenvalue weighted by atomic mass is 32.2. The Morgan fingerprint density at radius 1 is 1.47 bits per heavy atom. The zero-order chi connectivity index (χ0) is 12.9. The van der Waals surface area contributed by atoms with Crippen LogP contribution in [0.5, 0.6) is 0 Å². The number of hydrogen-bond donors (Lipinski definition) is 2. The number of likely N-dealkylation sites (tertiary alicyclic amines) is 1. The minimum absolute atomic E-state index is 0.0123. The number of sulfonamides is 1. The van der Waals surface area contributed by atoms with Crippen molar-refractivity contribution >= 4 is 27.2 Å². The summed E-state index contributed by atoms with van der Waals surface area (Å²) >= 11 is 4.60. The van der Waals surface area contributed by atoms with E-state index in [-0.39, 0.29) is 10.7 Å². The van der Waals surface area contributed by atoms with E-state index in [0.29, 0.717) is 12.5 Å². The van der Waals surface area contributed by atoms with Crippen LogP contribution in [0.4, 0.5) is 0 Å². The van der Waals surface area contributed by atoms with Crippen LogP contribution in [0.3, 0.4) is 0 Å². The van der Waals surface area contributed by atoms with Gasteiger partial charge in [0.1, 0.15) is 5.75 Å². The number of nitrogens with one attached hydrogen (secondary N) is 1. The summed E-state index contributed by atoms with van der Waals surface area (Å²) in [4.78, 5) is 2.39. The first-order valence-corrected chi connectivity index (χ1v) is 7.97. The molecule has 0 unspecified atom stereocenters. The summed E-state index contributed by atoms with van der Waals surface area (Å²) in [7, 11) is -3.33. The Hall–Kier alpha value is -0.240. The van der Waals surface area contributed by atoms with Crippen molar-refractivity contribution in [1.82, 2.24) is 9.62 Å². The van der Waals surface area contributed by atoms with Crippen LogP contribution in [0.2, 0.25) is 0 Å². The number of piperidine rings is 1. The van der Waals surface area contributed by atoms with Gasteiger partial charge in [0.15, 0.2) is 0 Å². The Morgan fingerprint density at radius 3 is 2.53 bits per heavy atom. The van der Waals surface area contributed by atoms with E-state index in [1.54, 1.807) is 0 Å². The molecule has 1 aliphatic heterocycles. The van der Waals surface area contributed by atoms with Gasteiger partial charge in [0, 0.05) is 6.54 Å². The van der Waals surface area contributed by atoms with E-state index in [4.69, 9.17) is 5.73 Å². The third-order valence-electron chi connectivity index (χ3n) is 3.08. The standard InChI is InChI=1S/C10H21N3O2S2/c1-2-13-5-3-9(4-6-13)7-12-17(14,15)8-10(11)16/h9,12H,2-8H2,1H3,(H2,11,16). The first-order valence-electron chi connectivity index (χ1n) is 5.91. The van der Waals surface area contributed by atoms with Crippen molar-refractivity contribution in [3.05, 3.63) is 0 Å².